The molecule has 4 nitrogen and oxygen atoms in total. The van der Waals surface area contributed by atoms with Gasteiger partial charge >= 0.3 is 0 Å². The molecule has 2 rings (SSSR count). The van der Waals surface area contributed by atoms with Crippen LogP contribution in [0.3, 0.4) is 0 Å². The number of hydrogen-bond acceptors (Lipinski definition) is 3. The van der Waals surface area contributed by atoms with Crippen LogP contribution in [0.5, 0.6) is 5.75 Å². The molecule has 3 N–H and O–H groups in total. The van der Waals surface area contributed by atoms with Gasteiger partial charge in [0.1, 0.15) is 5.75 Å². The molecule has 0 radical (unpaired) electrons. The lowest BCUT2D eigenvalue weighted by molar-refractivity contribution is -0.125. The number of anilines is 1. The van der Waals surface area contributed by atoms with Gasteiger partial charge in [-0.3, -0.25) is 4.79 Å². The van der Waals surface area contributed by atoms with Crippen LogP contribution in [0.1, 0.15) is 39.5 Å². The fraction of sp³-hybridized carbons (Fsp3) is 0.562. The van der Waals surface area contributed by atoms with Crippen LogP contribution in [0, 0.1) is 5.41 Å². The van der Waals surface area contributed by atoms with E-state index in [2.05, 4.69) is 12.2 Å². The topological polar surface area (TPSA) is 64.3 Å². The number of carbonyl (C=O) groups is 1. The van der Waals surface area contributed by atoms with E-state index >= 15 is 0 Å². The molecule has 1 fully saturated rings. The molecular formula is C16H24N2O2. The molecule has 0 saturated heterocycles. The number of nitrogens with one attached hydrogen (secondary N) is 1. The molecule has 1 aliphatic carbocycles. The van der Waals surface area contributed by atoms with Crippen LogP contribution in [0.2, 0.25) is 0 Å². The number of hydrogen-bond donors (Lipinski definition) is 2. The molecule has 4 heteroatoms. The summed E-state index contributed by atoms with van der Waals surface area (Å²) in [6, 6.07) is 7.48. The van der Waals surface area contributed by atoms with Gasteiger partial charge in [0.2, 0.25) is 5.91 Å². The maximum Gasteiger partial charge on any atom is 0.231 e. The van der Waals surface area contributed by atoms with Gasteiger partial charge in [0.15, 0.2) is 0 Å². The molecule has 0 spiro atoms. The molecule has 2 atom stereocenters. The average Bonchev–Trinajstić information content (AvgIpc) is 2.79. The van der Waals surface area contributed by atoms with Crippen molar-refractivity contribution in [1.29, 1.82) is 0 Å². The minimum atomic E-state index is -0.474. The lowest BCUT2D eigenvalue weighted by Crippen LogP contribution is -2.44. The largest absolute Gasteiger partial charge is 0.491 e. The summed E-state index contributed by atoms with van der Waals surface area (Å²) < 4.78 is 5.66. The first-order chi connectivity index (χ1) is 9.58. The third kappa shape index (κ3) is 2.96. The van der Waals surface area contributed by atoms with E-state index in [1.807, 2.05) is 31.2 Å². The van der Waals surface area contributed by atoms with Crippen LogP contribution >= 0.6 is 0 Å². The lowest BCUT2D eigenvalue weighted by atomic mass is 9.84. The Hall–Kier alpha value is -1.55. The van der Waals surface area contributed by atoms with E-state index < -0.39 is 5.41 Å². The number of rotatable bonds is 5. The molecule has 1 aliphatic rings. The highest BCUT2D eigenvalue weighted by molar-refractivity contribution is 5.97. The second-order valence-electron chi connectivity index (χ2n) is 5.71. The maximum absolute atomic E-state index is 12.5. The number of carbonyl (C=O) groups excluding carboxylic acids is 1. The van der Waals surface area contributed by atoms with Gasteiger partial charge in [-0.05, 0) is 38.3 Å². The van der Waals surface area contributed by atoms with Crippen molar-refractivity contribution in [2.45, 2.75) is 45.6 Å². The van der Waals surface area contributed by atoms with Crippen molar-refractivity contribution >= 4 is 11.6 Å². The first kappa shape index (κ1) is 14.9. The minimum Gasteiger partial charge on any atom is -0.491 e. The van der Waals surface area contributed by atoms with E-state index in [4.69, 9.17) is 10.5 Å². The van der Waals surface area contributed by atoms with Gasteiger partial charge in [0, 0.05) is 6.04 Å². The number of para-hydroxylation sites is 2. The van der Waals surface area contributed by atoms with Crippen molar-refractivity contribution in [2.75, 3.05) is 11.9 Å². The summed E-state index contributed by atoms with van der Waals surface area (Å²) in [6.07, 6.45) is 3.71. The van der Waals surface area contributed by atoms with Crippen molar-refractivity contribution in [3.8, 4) is 5.75 Å². The Labute approximate surface area is 120 Å². The zero-order valence-electron chi connectivity index (χ0n) is 12.3. The van der Waals surface area contributed by atoms with Crippen LogP contribution in [0.4, 0.5) is 5.69 Å². The predicted octanol–water partition coefficient (Wildman–Crippen LogP) is 2.93. The van der Waals surface area contributed by atoms with Crippen molar-refractivity contribution in [3.05, 3.63) is 24.3 Å². The molecule has 2 unspecified atom stereocenters. The van der Waals surface area contributed by atoms with E-state index in [-0.39, 0.29) is 11.9 Å². The normalized spacial score (nSPS) is 25.4. The Balaban J connectivity index is 2.11. The van der Waals surface area contributed by atoms with Gasteiger partial charge < -0.3 is 15.8 Å². The van der Waals surface area contributed by atoms with E-state index in [0.717, 1.165) is 37.1 Å². The molecule has 1 amide bonds. The van der Waals surface area contributed by atoms with Gasteiger partial charge in [-0.1, -0.05) is 25.5 Å². The standard InChI is InChI=1S/C16H24N2O2/c1-3-11-20-13-8-5-4-7-12(13)18-15(19)16(2)10-6-9-14(16)17/h4-5,7-8,14H,3,6,9-11,17H2,1-2H3,(H,18,19). The Morgan fingerprint density at radius 2 is 2.25 bits per heavy atom. The Bertz CT molecular complexity index is 475. The monoisotopic (exact) mass is 276 g/mol. The summed E-state index contributed by atoms with van der Waals surface area (Å²) in [6.45, 7) is 4.65. The summed E-state index contributed by atoms with van der Waals surface area (Å²) in [5.74, 6) is 0.716. The average molecular weight is 276 g/mol. The molecule has 1 saturated carbocycles. The summed E-state index contributed by atoms with van der Waals surface area (Å²) in [5.41, 5.74) is 6.35. The fourth-order valence-electron chi connectivity index (χ4n) is 2.65. The van der Waals surface area contributed by atoms with Crippen molar-refractivity contribution in [1.82, 2.24) is 0 Å². The number of amides is 1. The van der Waals surface area contributed by atoms with E-state index in [9.17, 15) is 4.79 Å². The van der Waals surface area contributed by atoms with Crippen LogP contribution in [0.25, 0.3) is 0 Å². The van der Waals surface area contributed by atoms with Gasteiger partial charge in [-0.2, -0.15) is 0 Å². The smallest absolute Gasteiger partial charge is 0.231 e. The van der Waals surface area contributed by atoms with Gasteiger partial charge in [-0.15, -0.1) is 0 Å². The molecule has 1 aromatic rings. The van der Waals surface area contributed by atoms with E-state index in [1.54, 1.807) is 0 Å². The van der Waals surface area contributed by atoms with Gasteiger partial charge in [-0.25, -0.2) is 0 Å². The Kier molecular flexibility index (Phi) is 4.65. The fourth-order valence-corrected chi connectivity index (χ4v) is 2.65. The van der Waals surface area contributed by atoms with Crippen LogP contribution in [-0.2, 0) is 4.79 Å². The highest BCUT2D eigenvalue weighted by Crippen LogP contribution is 2.38. The Morgan fingerprint density at radius 3 is 2.90 bits per heavy atom. The zero-order chi connectivity index (χ0) is 14.6. The third-order valence-corrected chi connectivity index (χ3v) is 4.15. The molecule has 0 aliphatic heterocycles. The summed E-state index contributed by atoms with van der Waals surface area (Å²) >= 11 is 0. The second-order valence-corrected chi connectivity index (χ2v) is 5.71. The molecule has 110 valence electrons. The molecular weight excluding hydrogens is 252 g/mol. The summed E-state index contributed by atoms with van der Waals surface area (Å²) in [5, 5.41) is 2.99. The lowest BCUT2D eigenvalue weighted by Gasteiger charge is -2.27. The zero-order valence-corrected chi connectivity index (χ0v) is 12.3. The maximum atomic E-state index is 12.5. The first-order valence-electron chi connectivity index (χ1n) is 7.37. The molecule has 1 aromatic carbocycles. The van der Waals surface area contributed by atoms with E-state index in [0.29, 0.717) is 6.61 Å². The van der Waals surface area contributed by atoms with Gasteiger partial charge in [0.25, 0.3) is 0 Å². The van der Waals surface area contributed by atoms with Crippen LogP contribution in [-0.4, -0.2) is 18.6 Å². The molecule has 20 heavy (non-hydrogen) atoms. The number of nitrogens with two attached hydrogens (primary N) is 1. The van der Waals surface area contributed by atoms with Gasteiger partial charge in [0.05, 0.1) is 17.7 Å². The summed E-state index contributed by atoms with van der Waals surface area (Å²) in [4.78, 5) is 12.5. The molecule has 0 bridgehead atoms. The van der Waals surface area contributed by atoms with Crippen LogP contribution < -0.4 is 15.8 Å². The van der Waals surface area contributed by atoms with Crippen molar-refractivity contribution in [3.63, 3.8) is 0 Å². The quantitative estimate of drug-likeness (QED) is 0.869. The first-order valence-corrected chi connectivity index (χ1v) is 7.37. The van der Waals surface area contributed by atoms with Crippen LogP contribution in [0.15, 0.2) is 24.3 Å². The third-order valence-electron chi connectivity index (χ3n) is 4.15. The number of ether oxygens (including phenoxy) is 1. The summed E-state index contributed by atoms with van der Waals surface area (Å²) in [7, 11) is 0. The SMILES string of the molecule is CCCOc1ccccc1NC(=O)C1(C)CCCC1N. The molecule has 0 heterocycles. The minimum absolute atomic E-state index is 0.00458. The predicted molar refractivity (Wildman–Crippen MR) is 80.8 cm³/mol. The highest BCUT2D eigenvalue weighted by Gasteiger charge is 2.43. The second kappa shape index (κ2) is 6.27. The van der Waals surface area contributed by atoms with E-state index in [1.165, 1.54) is 0 Å². The van der Waals surface area contributed by atoms with Crippen molar-refractivity contribution in [2.24, 2.45) is 11.1 Å². The highest BCUT2D eigenvalue weighted by atomic mass is 16.5. The Morgan fingerprint density at radius 1 is 1.50 bits per heavy atom. The molecule has 0 aromatic heterocycles. The number of benzene rings is 1. The van der Waals surface area contributed by atoms with Crippen molar-refractivity contribution < 1.29 is 9.53 Å².